The number of benzene rings is 2. The molecule has 0 saturated carbocycles. The molecule has 0 atom stereocenters. The lowest BCUT2D eigenvalue weighted by Crippen LogP contribution is -2.28. The molecule has 3 aromatic rings. The lowest BCUT2D eigenvalue weighted by Gasteiger charge is -2.15. The molecule has 2 heterocycles. The Kier molecular flexibility index (Phi) is 7.96. The van der Waals surface area contributed by atoms with Crippen molar-refractivity contribution in [1.82, 2.24) is 9.88 Å². The predicted molar refractivity (Wildman–Crippen MR) is 138 cm³/mol. The van der Waals surface area contributed by atoms with Crippen LogP contribution in [0.4, 0.5) is 5.69 Å². The maximum atomic E-state index is 13.5. The molecule has 1 aliphatic rings. The number of halogens is 1. The fourth-order valence-corrected chi connectivity index (χ4v) is 4.62. The summed E-state index contributed by atoms with van der Waals surface area (Å²) in [4.78, 5) is 24.7. The number of rotatable bonds is 8. The van der Waals surface area contributed by atoms with E-state index < -0.39 is 0 Å². The third-order valence-corrected chi connectivity index (χ3v) is 6.45. The highest BCUT2D eigenvalue weighted by molar-refractivity contribution is 9.10. The first-order valence-corrected chi connectivity index (χ1v) is 12.4. The molecule has 0 bridgehead atoms. The van der Waals surface area contributed by atoms with E-state index in [4.69, 9.17) is 9.73 Å². The van der Waals surface area contributed by atoms with Crippen LogP contribution in [-0.4, -0.2) is 27.6 Å². The minimum Gasteiger partial charge on any atom is -0.493 e. The van der Waals surface area contributed by atoms with E-state index in [1.54, 1.807) is 17.3 Å². The number of carbonyl (C=O) groups is 1. The number of ether oxygens (including phenoxy) is 1. The van der Waals surface area contributed by atoms with Crippen molar-refractivity contribution in [3.63, 3.8) is 0 Å². The van der Waals surface area contributed by atoms with Crippen LogP contribution >= 0.6 is 27.7 Å². The van der Waals surface area contributed by atoms with Crippen molar-refractivity contribution >= 4 is 50.5 Å². The number of aliphatic imine (C=N–C) groups is 1. The van der Waals surface area contributed by atoms with Crippen LogP contribution in [0.1, 0.15) is 30.9 Å². The molecule has 1 saturated heterocycles. The van der Waals surface area contributed by atoms with Crippen molar-refractivity contribution in [1.29, 1.82) is 0 Å². The average molecular weight is 522 g/mol. The van der Waals surface area contributed by atoms with E-state index in [2.05, 4.69) is 27.8 Å². The van der Waals surface area contributed by atoms with E-state index in [0.29, 0.717) is 23.2 Å². The topological polar surface area (TPSA) is 54.8 Å². The van der Waals surface area contributed by atoms with Crippen LogP contribution in [0, 0.1) is 0 Å². The van der Waals surface area contributed by atoms with Gasteiger partial charge in [0, 0.05) is 22.4 Å². The Hall–Kier alpha value is -2.90. The number of amides is 1. The van der Waals surface area contributed by atoms with E-state index in [1.165, 1.54) is 11.8 Å². The van der Waals surface area contributed by atoms with Crippen molar-refractivity contribution in [2.24, 2.45) is 4.99 Å². The molecular formula is C26H24BrN3O2S. The number of para-hydroxylation sites is 1. The number of amidine groups is 1. The lowest BCUT2D eigenvalue weighted by molar-refractivity contribution is -0.122. The van der Waals surface area contributed by atoms with Gasteiger partial charge in [-0.05, 0) is 66.2 Å². The number of carbonyl (C=O) groups excluding carboxylic acids is 1. The Bertz CT molecular complexity index is 1170. The van der Waals surface area contributed by atoms with Gasteiger partial charge >= 0.3 is 0 Å². The van der Waals surface area contributed by atoms with Gasteiger partial charge in [-0.3, -0.25) is 14.7 Å². The van der Waals surface area contributed by atoms with Gasteiger partial charge in [-0.15, -0.1) is 0 Å². The number of hydrogen-bond donors (Lipinski definition) is 0. The third kappa shape index (κ3) is 6.12. The molecule has 0 radical (unpaired) electrons. The second-order valence-electron chi connectivity index (χ2n) is 7.48. The van der Waals surface area contributed by atoms with Crippen LogP contribution in [0.15, 0.2) is 87.4 Å². The zero-order valence-corrected chi connectivity index (χ0v) is 20.7. The maximum Gasteiger partial charge on any atom is 0.267 e. The highest BCUT2D eigenvalue weighted by Gasteiger charge is 2.33. The largest absolute Gasteiger partial charge is 0.493 e. The highest BCUT2D eigenvalue weighted by Crippen LogP contribution is 2.37. The van der Waals surface area contributed by atoms with Gasteiger partial charge in [0.2, 0.25) is 0 Å². The van der Waals surface area contributed by atoms with Crippen molar-refractivity contribution in [3.8, 4) is 5.75 Å². The first-order valence-electron chi connectivity index (χ1n) is 10.8. The van der Waals surface area contributed by atoms with Crippen LogP contribution < -0.4 is 4.74 Å². The summed E-state index contributed by atoms with van der Waals surface area (Å²) in [5.41, 5.74) is 2.61. The Morgan fingerprint density at radius 2 is 2.00 bits per heavy atom. The zero-order chi connectivity index (χ0) is 23.0. The molecule has 168 valence electrons. The summed E-state index contributed by atoms with van der Waals surface area (Å²) in [6, 6.07) is 19.4. The van der Waals surface area contributed by atoms with Crippen molar-refractivity contribution < 1.29 is 9.53 Å². The van der Waals surface area contributed by atoms with E-state index >= 15 is 0 Å². The van der Waals surface area contributed by atoms with Gasteiger partial charge in [0.1, 0.15) is 5.75 Å². The van der Waals surface area contributed by atoms with Gasteiger partial charge in [0.15, 0.2) is 5.17 Å². The standard InChI is InChI=1S/C26H24BrN3O2S/c1-2-3-14-32-23-12-11-21(27)15-20(23)16-24-25(31)30(18-19-8-7-13-28-17-19)26(33-24)29-22-9-5-4-6-10-22/h4-13,15-17H,2-3,14,18H2,1H3/b24-16+,29-26?. The molecule has 0 unspecified atom stereocenters. The molecule has 1 amide bonds. The van der Waals surface area contributed by atoms with Crippen molar-refractivity contribution in [3.05, 3.63) is 93.6 Å². The Morgan fingerprint density at radius 3 is 2.76 bits per heavy atom. The summed E-state index contributed by atoms with van der Waals surface area (Å²) in [6.07, 6.45) is 7.43. The van der Waals surface area contributed by atoms with Crippen LogP contribution in [-0.2, 0) is 11.3 Å². The second kappa shape index (κ2) is 11.3. The summed E-state index contributed by atoms with van der Waals surface area (Å²) >= 11 is 4.91. The smallest absolute Gasteiger partial charge is 0.267 e. The number of nitrogens with zero attached hydrogens (tertiary/aromatic N) is 3. The maximum absolute atomic E-state index is 13.5. The molecule has 2 aromatic carbocycles. The van der Waals surface area contributed by atoms with E-state index in [-0.39, 0.29) is 5.91 Å². The molecule has 1 aromatic heterocycles. The normalized spacial score (nSPS) is 16.1. The average Bonchev–Trinajstić information content (AvgIpc) is 3.11. The summed E-state index contributed by atoms with van der Waals surface area (Å²) in [5.74, 6) is 0.679. The van der Waals surface area contributed by atoms with Gasteiger partial charge in [0.25, 0.3) is 5.91 Å². The number of aromatic nitrogens is 1. The van der Waals surface area contributed by atoms with Gasteiger partial charge in [-0.25, -0.2) is 4.99 Å². The molecule has 4 rings (SSSR count). The second-order valence-corrected chi connectivity index (χ2v) is 9.40. The van der Waals surface area contributed by atoms with Crippen LogP contribution in [0.25, 0.3) is 6.08 Å². The van der Waals surface area contributed by atoms with E-state index in [9.17, 15) is 4.79 Å². The van der Waals surface area contributed by atoms with Gasteiger partial charge in [-0.1, -0.05) is 53.5 Å². The Morgan fingerprint density at radius 1 is 1.15 bits per heavy atom. The molecule has 0 aliphatic carbocycles. The van der Waals surface area contributed by atoms with Crippen LogP contribution in [0.2, 0.25) is 0 Å². The van der Waals surface area contributed by atoms with Crippen LogP contribution in [0.3, 0.4) is 0 Å². The van der Waals surface area contributed by atoms with E-state index in [1.807, 2.05) is 66.7 Å². The number of unbranched alkanes of at least 4 members (excludes halogenated alkanes) is 1. The summed E-state index contributed by atoms with van der Waals surface area (Å²) in [5, 5.41) is 0.643. The number of thioether (sulfide) groups is 1. The molecule has 0 spiro atoms. The molecule has 7 heteroatoms. The highest BCUT2D eigenvalue weighted by atomic mass is 79.9. The molecule has 5 nitrogen and oxygen atoms in total. The molecule has 1 fully saturated rings. The number of pyridine rings is 1. The fraction of sp³-hybridized carbons (Fsp3) is 0.192. The SMILES string of the molecule is CCCCOc1ccc(Br)cc1/C=C1/SC(=Nc2ccccc2)N(Cc2cccnc2)C1=O. The monoisotopic (exact) mass is 521 g/mol. The first-order chi connectivity index (χ1) is 16.1. The minimum atomic E-state index is -0.0852. The lowest BCUT2D eigenvalue weighted by atomic mass is 10.1. The predicted octanol–water partition coefficient (Wildman–Crippen LogP) is 6.83. The summed E-state index contributed by atoms with van der Waals surface area (Å²) < 4.78 is 6.91. The van der Waals surface area contributed by atoms with E-state index in [0.717, 1.165) is 39.9 Å². The van der Waals surface area contributed by atoms with Crippen molar-refractivity contribution in [2.75, 3.05) is 6.61 Å². The molecule has 1 aliphatic heterocycles. The number of hydrogen-bond acceptors (Lipinski definition) is 5. The quantitative estimate of drug-likeness (QED) is 0.241. The summed E-state index contributed by atoms with van der Waals surface area (Å²) in [7, 11) is 0. The fourth-order valence-electron chi connectivity index (χ4n) is 3.25. The Balaban J connectivity index is 1.68. The van der Waals surface area contributed by atoms with Gasteiger partial charge in [0.05, 0.1) is 23.7 Å². The zero-order valence-electron chi connectivity index (χ0n) is 18.3. The molecular weight excluding hydrogens is 498 g/mol. The van der Waals surface area contributed by atoms with Crippen LogP contribution in [0.5, 0.6) is 5.75 Å². The molecule has 33 heavy (non-hydrogen) atoms. The summed E-state index contributed by atoms with van der Waals surface area (Å²) in [6.45, 7) is 3.18. The van der Waals surface area contributed by atoms with Crippen molar-refractivity contribution in [2.45, 2.75) is 26.3 Å². The third-order valence-electron chi connectivity index (χ3n) is 4.95. The van der Waals surface area contributed by atoms with Gasteiger partial charge < -0.3 is 4.74 Å². The molecule has 0 N–H and O–H groups in total. The van der Waals surface area contributed by atoms with Gasteiger partial charge in [-0.2, -0.15) is 0 Å². The minimum absolute atomic E-state index is 0.0852. The Labute approximate surface area is 206 Å². The first kappa shape index (κ1) is 23.3.